The van der Waals surface area contributed by atoms with Crippen LogP contribution in [0, 0.1) is 0 Å². The number of hydrogen-bond acceptors (Lipinski definition) is 5. The predicted octanol–water partition coefficient (Wildman–Crippen LogP) is -0.0308. The molecule has 2 rings (SSSR count). The summed E-state index contributed by atoms with van der Waals surface area (Å²) in [5.74, 6) is -0.821. The van der Waals surface area contributed by atoms with Crippen molar-refractivity contribution in [2.24, 2.45) is 0 Å². The number of hydrogen-bond donors (Lipinski definition) is 2. The number of H-pyrrole nitrogens is 1. The molecular weight excluding hydrogens is 246 g/mol. The summed E-state index contributed by atoms with van der Waals surface area (Å²) in [6.45, 7) is 1.87. The fourth-order valence-corrected chi connectivity index (χ4v) is 3.58. The van der Waals surface area contributed by atoms with Crippen molar-refractivity contribution in [2.75, 3.05) is 11.5 Å². The topological polar surface area (TPSA) is 113 Å². The Bertz CT molecular complexity index is 534. The first kappa shape index (κ1) is 12.0. The van der Waals surface area contributed by atoms with Crippen molar-refractivity contribution >= 4 is 15.8 Å². The normalized spacial score (nSPS) is 22.2. The summed E-state index contributed by atoms with van der Waals surface area (Å²) in [4.78, 5) is 14.6. The van der Waals surface area contributed by atoms with Crippen molar-refractivity contribution < 1.29 is 18.3 Å². The van der Waals surface area contributed by atoms with Crippen molar-refractivity contribution in [1.29, 1.82) is 0 Å². The van der Waals surface area contributed by atoms with Gasteiger partial charge in [-0.1, -0.05) is 6.92 Å². The molecule has 1 aliphatic rings. The average Bonchev–Trinajstić information content (AvgIpc) is 2.73. The summed E-state index contributed by atoms with van der Waals surface area (Å²) in [6.07, 6.45) is 0.868. The molecular formula is C9H13N3O4S. The average molecular weight is 259 g/mol. The van der Waals surface area contributed by atoms with Crippen molar-refractivity contribution in [3.8, 4) is 0 Å². The molecule has 0 radical (unpaired) electrons. The van der Waals surface area contributed by atoms with Gasteiger partial charge < -0.3 is 5.11 Å². The fourth-order valence-electron chi connectivity index (χ4n) is 1.85. The minimum absolute atomic E-state index is 0.104. The second kappa shape index (κ2) is 3.80. The largest absolute Gasteiger partial charge is 0.475 e. The Balaban J connectivity index is 2.24. The van der Waals surface area contributed by atoms with Gasteiger partial charge in [-0.25, -0.2) is 18.2 Å². The molecule has 1 fully saturated rings. The van der Waals surface area contributed by atoms with Gasteiger partial charge in [-0.05, 0) is 12.8 Å². The van der Waals surface area contributed by atoms with Crippen LogP contribution in [0.4, 0.5) is 0 Å². The maximum absolute atomic E-state index is 11.3. The summed E-state index contributed by atoms with van der Waals surface area (Å²) in [5, 5.41) is 14.9. The first-order valence-electron chi connectivity index (χ1n) is 5.19. The molecule has 2 N–H and O–H groups in total. The maximum Gasteiger partial charge on any atom is 0.375 e. The van der Waals surface area contributed by atoms with Gasteiger partial charge in [0, 0.05) is 5.41 Å². The summed E-state index contributed by atoms with van der Waals surface area (Å²) < 4.78 is 22.7. The van der Waals surface area contributed by atoms with Crippen molar-refractivity contribution in [1.82, 2.24) is 15.2 Å². The Labute approximate surface area is 98.2 Å². The molecule has 94 valence electrons. The molecule has 1 saturated heterocycles. The smallest absolute Gasteiger partial charge is 0.375 e. The van der Waals surface area contributed by atoms with E-state index in [9.17, 15) is 13.2 Å². The third-order valence-corrected chi connectivity index (χ3v) is 4.83. The number of carboxylic acids is 1. The van der Waals surface area contributed by atoms with Crippen molar-refractivity contribution in [2.45, 2.75) is 25.2 Å². The van der Waals surface area contributed by atoms with Crippen LogP contribution in [0.5, 0.6) is 0 Å². The molecule has 0 unspecified atom stereocenters. The van der Waals surface area contributed by atoms with Gasteiger partial charge in [-0.3, -0.25) is 5.10 Å². The number of aromatic carboxylic acids is 1. The number of aromatic amines is 1. The van der Waals surface area contributed by atoms with Gasteiger partial charge in [0.05, 0.1) is 11.5 Å². The lowest BCUT2D eigenvalue weighted by atomic mass is 9.83. The molecule has 0 bridgehead atoms. The van der Waals surface area contributed by atoms with E-state index >= 15 is 0 Å². The monoisotopic (exact) mass is 259 g/mol. The second-order valence-electron chi connectivity index (χ2n) is 4.53. The fraction of sp³-hybridized carbons (Fsp3) is 0.667. The van der Waals surface area contributed by atoms with Crippen LogP contribution in [-0.2, 0) is 15.3 Å². The van der Waals surface area contributed by atoms with E-state index in [2.05, 4.69) is 15.2 Å². The van der Waals surface area contributed by atoms with E-state index in [4.69, 9.17) is 5.11 Å². The Kier molecular flexibility index (Phi) is 2.69. The van der Waals surface area contributed by atoms with E-state index < -0.39 is 21.2 Å². The highest BCUT2D eigenvalue weighted by Crippen LogP contribution is 2.33. The van der Waals surface area contributed by atoms with Crippen LogP contribution in [0.25, 0.3) is 0 Å². The standard InChI is InChI=1S/C9H13N3O4S/c1-9(2-4-17(15,16)5-3-9)8-10-6(7(13)14)11-12-8/h2-5H2,1H3,(H,13,14)(H,10,11,12). The van der Waals surface area contributed by atoms with Gasteiger partial charge in [-0.15, -0.1) is 5.10 Å². The number of nitrogens with zero attached hydrogens (tertiary/aromatic N) is 2. The van der Waals surface area contributed by atoms with Gasteiger partial charge in [-0.2, -0.15) is 0 Å². The Hall–Kier alpha value is -1.44. The lowest BCUT2D eigenvalue weighted by Crippen LogP contribution is -2.35. The maximum atomic E-state index is 11.3. The van der Waals surface area contributed by atoms with Crippen LogP contribution in [-0.4, -0.2) is 46.2 Å². The molecule has 17 heavy (non-hydrogen) atoms. The summed E-state index contributed by atoms with van der Waals surface area (Å²) in [5.41, 5.74) is -0.438. The van der Waals surface area contributed by atoms with Crippen LogP contribution in [0.3, 0.4) is 0 Å². The molecule has 0 spiro atoms. The molecule has 0 aliphatic carbocycles. The molecule has 1 aromatic rings. The summed E-state index contributed by atoms with van der Waals surface area (Å²) in [7, 11) is -2.95. The SMILES string of the molecule is CC1(c2nc(C(=O)O)n[nH]2)CCS(=O)(=O)CC1. The lowest BCUT2D eigenvalue weighted by Gasteiger charge is -2.30. The molecule has 7 nitrogen and oxygen atoms in total. The first-order valence-corrected chi connectivity index (χ1v) is 7.01. The zero-order chi connectivity index (χ0) is 12.7. The number of sulfone groups is 1. The van der Waals surface area contributed by atoms with Gasteiger partial charge in [0.15, 0.2) is 0 Å². The molecule has 0 aromatic carbocycles. The number of rotatable bonds is 2. The van der Waals surface area contributed by atoms with Crippen LogP contribution < -0.4 is 0 Å². The van der Waals surface area contributed by atoms with E-state index in [-0.39, 0.29) is 17.3 Å². The van der Waals surface area contributed by atoms with E-state index in [1.807, 2.05) is 6.92 Å². The molecule has 8 heteroatoms. The minimum Gasteiger partial charge on any atom is -0.475 e. The highest BCUT2D eigenvalue weighted by molar-refractivity contribution is 7.91. The molecule has 1 aliphatic heterocycles. The van der Waals surface area contributed by atoms with Crippen LogP contribution in [0.15, 0.2) is 0 Å². The van der Waals surface area contributed by atoms with E-state index in [0.717, 1.165) is 0 Å². The molecule has 0 saturated carbocycles. The molecule has 0 amide bonds. The van der Waals surface area contributed by atoms with Crippen LogP contribution in [0.2, 0.25) is 0 Å². The van der Waals surface area contributed by atoms with Crippen molar-refractivity contribution in [3.05, 3.63) is 11.6 Å². The molecule has 1 aromatic heterocycles. The number of nitrogens with one attached hydrogen (secondary N) is 1. The zero-order valence-electron chi connectivity index (χ0n) is 9.30. The van der Waals surface area contributed by atoms with Crippen molar-refractivity contribution in [3.63, 3.8) is 0 Å². The third kappa shape index (κ3) is 2.31. The summed E-state index contributed by atoms with van der Waals surface area (Å²) >= 11 is 0. The number of carboxylic acid groups (broad SMARTS) is 1. The second-order valence-corrected chi connectivity index (χ2v) is 6.83. The van der Waals surface area contributed by atoms with Gasteiger partial charge in [0.25, 0.3) is 5.82 Å². The Morgan fingerprint density at radius 2 is 2.00 bits per heavy atom. The van der Waals surface area contributed by atoms with E-state index in [1.165, 1.54) is 0 Å². The van der Waals surface area contributed by atoms with Crippen LogP contribution in [0.1, 0.15) is 36.2 Å². The first-order chi connectivity index (χ1) is 7.82. The summed E-state index contributed by atoms with van der Waals surface area (Å²) in [6, 6.07) is 0. The number of aromatic nitrogens is 3. The zero-order valence-corrected chi connectivity index (χ0v) is 10.1. The quantitative estimate of drug-likeness (QED) is 0.771. The van der Waals surface area contributed by atoms with Gasteiger partial charge in [0.1, 0.15) is 15.7 Å². The van der Waals surface area contributed by atoms with E-state index in [0.29, 0.717) is 18.7 Å². The highest BCUT2D eigenvalue weighted by Gasteiger charge is 2.37. The highest BCUT2D eigenvalue weighted by atomic mass is 32.2. The predicted molar refractivity (Wildman–Crippen MR) is 58.6 cm³/mol. The third-order valence-electron chi connectivity index (χ3n) is 3.18. The molecule has 0 atom stereocenters. The van der Waals surface area contributed by atoms with Gasteiger partial charge in [0.2, 0.25) is 0 Å². The minimum atomic E-state index is -2.95. The Morgan fingerprint density at radius 1 is 1.41 bits per heavy atom. The molecule has 2 heterocycles. The Morgan fingerprint density at radius 3 is 2.47 bits per heavy atom. The van der Waals surface area contributed by atoms with Crippen LogP contribution >= 0.6 is 0 Å². The van der Waals surface area contributed by atoms with E-state index in [1.54, 1.807) is 0 Å². The number of carbonyl (C=O) groups is 1. The lowest BCUT2D eigenvalue weighted by molar-refractivity contribution is 0.0684. The van der Waals surface area contributed by atoms with Gasteiger partial charge >= 0.3 is 5.97 Å².